The average Bonchev–Trinajstić information content (AvgIpc) is 2.38. The molecule has 0 fully saturated rings. The molecule has 0 bridgehead atoms. The number of nitrogens with zero attached hydrogens (tertiary/aromatic N) is 1. The summed E-state index contributed by atoms with van der Waals surface area (Å²) in [5.41, 5.74) is 5.26. The number of anilines is 2. The Morgan fingerprint density at radius 2 is 1.76 bits per heavy atom. The molecule has 0 saturated heterocycles. The van der Waals surface area contributed by atoms with E-state index in [1.54, 1.807) is 7.11 Å². The summed E-state index contributed by atoms with van der Waals surface area (Å²) in [7, 11) is 3.82. The topological polar surface area (TPSA) is 12.5 Å². The Balaban J connectivity index is 2.12. The lowest BCUT2D eigenvalue weighted by Crippen LogP contribution is -2.18. The van der Waals surface area contributed by atoms with Crippen LogP contribution in [0.25, 0.3) is 0 Å². The van der Waals surface area contributed by atoms with E-state index in [2.05, 4.69) is 48.3 Å². The summed E-state index contributed by atoms with van der Waals surface area (Å²) in [5, 5.41) is 0. The van der Waals surface area contributed by atoms with Gasteiger partial charge in [0.15, 0.2) is 0 Å². The molecule has 86 valence electrons. The second-order valence-corrected chi connectivity index (χ2v) is 4.36. The van der Waals surface area contributed by atoms with Crippen molar-refractivity contribution < 1.29 is 4.74 Å². The largest absolute Gasteiger partial charge is 0.497 e. The first-order chi connectivity index (χ1) is 8.29. The fourth-order valence-electron chi connectivity index (χ4n) is 2.48. The van der Waals surface area contributed by atoms with Gasteiger partial charge >= 0.3 is 0 Å². The molecule has 2 nitrogen and oxygen atoms in total. The third-order valence-electron chi connectivity index (χ3n) is 3.38. The number of hydrogen-bond donors (Lipinski definition) is 0. The van der Waals surface area contributed by atoms with Crippen molar-refractivity contribution in [2.75, 3.05) is 19.1 Å². The Morgan fingerprint density at radius 1 is 1.00 bits per heavy atom. The summed E-state index contributed by atoms with van der Waals surface area (Å²) >= 11 is 0. The maximum Gasteiger partial charge on any atom is 0.119 e. The van der Waals surface area contributed by atoms with E-state index in [0.717, 1.165) is 12.2 Å². The fourth-order valence-corrected chi connectivity index (χ4v) is 2.48. The van der Waals surface area contributed by atoms with Crippen LogP contribution in [0.1, 0.15) is 11.1 Å². The molecule has 0 amide bonds. The third kappa shape index (κ3) is 1.57. The number of benzene rings is 2. The van der Waals surface area contributed by atoms with Crippen molar-refractivity contribution in [3.63, 3.8) is 0 Å². The van der Waals surface area contributed by atoms with Gasteiger partial charge in [0.2, 0.25) is 0 Å². The first kappa shape index (κ1) is 10.2. The minimum absolute atomic E-state index is 0.927. The Kier molecular flexibility index (Phi) is 2.29. The van der Waals surface area contributed by atoms with Gasteiger partial charge in [0.05, 0.1) is 7.11 Å². The highest BCUT2D eigenvalue weighted by Gasteiger charge is 2.19. The second kappa shape index (κ2) is 3.81. The van der Waals surface area contributed by atoms with Crippen molar-refractivity contribution in [3.05, 3.63) is 53.6 Å². The molecule has 0 aromatic heterocycles. The minimum atomic E-state index is 0.927. The molecule has 0 atom stereocenters. The van der Waals surface area contributed by atoms with Crippen molar-refractivity contribution in [3.8, 4) is 5.75 Å². The highest BCUT2D eigenvalue weighted by Crippen LogP contribution is 2.38. The molecule has 3 rings (SSSR count). The predicted octanol–water partition coefficient (Wildman–Crippen LogP) is 3.37. The van der Waals surface area contributed by atoms with Gasteiger partial charge in [-0.25, -0.2) is 0 Å². The number of ether oxygens (including phenoxy) is 1. The summed E-state index contributed by atoms with van der Waals surface area (Å²) < 4.78 is 5.28. The summed E-state index contributed by atoms with van der Waals surface area (Å²) in [6, 6.07) is 14.8. The predicted molar refractivity (Wildman–Crippen MR) is 70.3 cm³/mol. The zero-order valence-electron chi connectivity index (χ0n) is 10.1. The molecule has 0 unspecified atom stereocenters. The van der Waals surface area contributed by atoms with E-state index in [9.17, 15) is 0 Å². The molecule has 2 aromatic carbocycles. The Hall–Kier alpha value is -1.96. The lowest BCUT2D eigenvalue weighted by Gasteiger charge is -2.30. The fraction of sp³-hybridized carbons (Fsp3) is 0.200. The first-order valence-electron chi connectivity index (χ1n) is 5.78. The number of fused-ring (bicyclic) bond motifs is 2. The zero-order chi connectivity index (χ0) is 11.8. The van der Waals surface area contributed by atoms with Crippen LogP contribution >= 0.6 is 0 Å². The molecule has 0 radical (unpaired) electrons. The number of hydrogen-bond acceptors (Lipinski definition) is 2. The lowest BCUT2D eigenvalue weighted by atomic mass is 9.96. The van der Waals surface area contributed by atoms with Gasteiger partial charge in [-0.3, -0.25) is 0 Å². The maximum atomic E-state index is 5.28. The van der Waals surface area contributed by atoms with E-state index >= 15 is 0 Å². The van der Waals surface area contributed by atoms with Gasteiger partial charge in [-0.1, -0.05) is 18.2 Å². The monoisotopic (exact) mass is 225 g/mol. The van der Waals surface area contributed by atoms with Gasteiger partial charge < -0.3 is 9.64 Å². The quantitative estimate of drug-likeness (QED) is 0.737. The number of rotatable bonds is 1. The van der Waals surface area contributed by atoms with Crippen LogP contribution < -0.4 is 9.64 Å². The first-order valence-corrected chi connectivity index (χ1v) is 5.78. The average molecular weight is 225 g/mol. The lowest BCUT2D eigenvalue weighted by molar-refractivity contribution is 0.414. The van der Waals surface area contributed by atoms with E-state index in [0.29, 0.717) is 0 Å². The van der Waals surface area contributed by atoms with Crippen LogP contribution in [0.3, 0.4) is 0 Å². The van der Waals surface area contributed by atoms with E-state index in [-0.39, 0.29) is 0 Å². The Morgan fingerprint density at radius 3 is 2.59 bits per heavy atom. The molecular weight excluding hydrogens is 210 g/mol. The summed E-state index contributed by atoms with van der Waals surface area (Å²) in [4.78, 5) is 2.24. The van der Waals surface area contributed by atoms with E-state index < -0.39 is 0 Å². The summed E-state index contributed by atoms with van der Waals surface area (Å²) in [5.74, 6) is 0.927. The van der Waals surface area contributed by atoms with Gasteiger partial charge in [-0.05, 0) is 35.4 Å². The molecular formula is C15H15NO. The Bertz CT molecular complexity index is 563. The van der Waals surface area contributed by atoms with Crippen molar-refractivity contribution in [2.45, 2.75) is 6.42 Å². The molecule has 1 heterocycles. The van der Waals surface area contributed by atoms with E-state index in [1.165, 1.54) is 22.5 Å². The summed E-state index contributed by atoms with van der Waals surface area (Å²) in [6.07, 6.45) is 0.979. The van der Waals surface area contributed by atoms with E-state index in [1.807, 2.05) is 6.07 Å². The van der Waals surface area contributed by atoms with Crippen molar-refractivity contribution in [1.82, 2.24) is 0 Å². The second-order valence-electron chi connectivity index (χ2n) is 4.36. The smallest absolute Gasteiger partial charge is 0.119 e. The summed E-state index contributed by atoms with van der Waals surface area (Å²) in [6.45, 7) is 0. The maximum absolute atomic E-state index is 5.28. The zero-order valence-corrected chi connectivity index (χ0v) is 10.1. The van der Waals surface area contributed by atoms with Crippen LogP contribution in [0.5, 0.6) is 5.75 Å². The molecule has 17 heavy (non-hydrogen) atoms. The molecule has 2 heteroatoms. The molecule has 2 aromatic rings. The SMILES string of the molecule is COc1ccc2c(c1)Cc1ccccc1N2C. The van der Waals surface area contributed by atoms with Gasteiger partial charge in [-0.2, -0.15) is 0 Å². The van der Waals surface area contributed by atoms with Crippen LogP contribution in [0.4, 0.5) is 11.4 Å². The van der Waals surface area contributed by atoms with Crippen molar-refractivity contribution in [1.29, 1.82) is 0 Å². The standard InChI is InChI=1S/C15H15NO/c1-16-14-6-4-3-5-11(14)9-12-10-13(17-2)7-8-15(12)16/h3-8,10H,9H2,1-2H3. The van der Waals surface area contributed by atoms with Gasteiger partial charge in [0, 0.05) is 24.8 Å². The van der Waals surface area contributed by atoms with Crippen molar-refractivity contribution in [2.24, 2.45) is 0 Å². The van der Waals surface area contributed by atoms with Crippen LogP contribution in [-0.2, 0) is 6.42 Å². The van der Waals surface area contributed by atoms with Gasteiger partial charge in [-0.15, -0.1) is 0 Å². The molecule has 0 saturated carbocycles. The van der Waals surface area contributed by atoms with Gasteiger partial charge in [0.1, 0.15) is 5.75 Å². The molecule has 0 aliphatic carbocycles. The van der Waals surface area contributed by atoms with Crippen molar-refractivity contribution >= 4 is 11.4 Å². The number of methoxy groups -OCH3 is 1. The third-order valence-corrected chi connectivity index (χ3v) is 3.38. The Labute approximate surface area is 101 Å². The highest BCUT2D eigenvalue weighted by molar-refractivity contribution is 5.74. The highest BCUT2D eigenvalue weighted by atomic mass is 16.5. The van der Waals surface area contributed by atoms with Crippen LogP contribution in [0.2, 0.25) is 0 Å². The normalized spacial score (nSPS) is 12.9. The molecule has 1 aliphatic heterocycles. The minimum Gasteiger partial charge on any atom is -0.497 e. The van der Waals surface area contributed by atoms with Crippen LogP contribution in [-0.4, -0.2) is 14.2 Å². The number of para-hydroxylation sites is 1. The molecule has 0 N–H and O–H groups in total. The molecule has 0 spiro atoms. The van der Waals surface area contributed by atoms with Crippen LogP contribution in [0.15, 0.2) is 42.5 Å². The molecule has 1 aliphatic rings. The van der Waals surface area contributed by atoms with Crippen LogP contribution in [0, 0.1) is 0 Å². The van der Waals surface area contributed by atoms with Gasteiger partial charge in [0.25, 0.3) is 0 Å². The van der Waals surface area contributed by atoms with E-state index in [4.69, 9.17) is 4.74 Å².